The summed E-state index contributed by atoms with van der Waals surface area (Å²) in [5.74, 6) is 1.40. The predicted octanol–water partition coefficient (Wildman–Crippen LogP) is 3.11. The van der Waals surface area contributed by atoms with Crippen molar-refractivity contribution in [2.45, 2.75) is 6.92 Å². The molecule has 6 heteroatoms. The number of hydrogen-bond donors (Lipinski definition) is 1. The number of nitrogens with zero attached hydrogens (tertiary/aromatic N) is 1. The Morgan fingerprint density at radius 2 is 2.11 bits per heavy atom. The van der Waals surface area contributed by atoms with E-state index in [1.165, 1.54) is 18.3 Å². The van der Waals surface area contributed by atoms with Gasteiger partial charge in [0.05, 0.1) is 31.0 Å². The van der Waals surface area contributed by atoms with Gasteiger partial charge in [-0.3, -0.25) is 4.79 Å². The van der Waals surface area contributed by atoms with Crippen LogP contribution in [0.5, 0.6) is 11.5 Å². The molecule has 0 radical (unpaired) electrons. The van der Waals surface area contributed by atoms with E-state index in [0.717, 1.165) is 5.69 Å². The van der Waals surface area contributed by atoms with E-state index in [-0.39, 0.29) is 5.78 Å². The van der Waals surface area contributed by atoms with Crippen LogP contribution in [0.2, 0.25) is 0 Å². The summed E-state index contributed by atoms with van der Waals surface area (Å²) in [5, 5.41) is 3.76. The van der Waals surface area contributed by atoms with Crippen LogP contribution >= 0.6 is 11.3 Å². The zero-order valence-corrected chi connectivity index (χ0v) is 11.7. The van der Waals surface area contributed by atoms with Crippen LogP contribution < -0.4 is 14.8 Å². The molecule has 0 bridgehead atoms. The monoisotopic (exact) mass is 278 g/mol. The summed E-state index contributed by atoms with van der Waals surface area (Å²) in [4.78, 5) is 16.0. The Bertz CT molecular complexity index is 595. The van der Waals surface area contributed by atoms with Gasteiger partial charge in [-0.15, -0.1) is 0 Å². The molecular weight excluding hydrogens is 264 g/mol. The number of carbonyl (C=O) groups is 1. The quantitative estimate of drug-likeness (QED) is 0.851. The molecule has 100 valence electrons. The van der Waals surface area contributed by atoms with Crippen molar-refractivity contribution in [3.63, 3.8) is 0 Å². The molecule has 0 saturated heterocycles. The Kier molecular flexibility index (Phi) is 4.01. The first-order valence-corrected chi connectivity index (χ1v) is 6.41. The van der Waals surface area contributed by atoms with E-state index in [1.54, 1.807) is 26.5 Å². The summed E-state index contributed by atoms with van der Waals surface area (Å²) < 4.78 is 10.4. The molecule has 1 heterocycles. The largest absolute Gasteiger partial charge is 0.497 e. The van der Waals surface area contributed by atoms with Crippen LogP contribution in [0.1, 0.15) is 16.6 Å². The lowest BCUT2D eigenvalue weighted by molar-refractivity contribution is 0.102. The molecule has 2 rings (SSSR count). The summed E-state index contributed by atoms with van der Waals surface area (Å²) in [6.07, 6.45) is 1.56. The minimum absolute atomic E-state index is 0.00292. The highest BCUT2D eigenvalue weighted by atomic mass is 32.1. The zero-order valence-electron chi connectivity index (χ0n) is 10.9. The van der Waals surface area contributed by atoms with Gasteiger partial charge >= 0.3 is 0 Å². The summed E-state index contributed by atoms with van der Waals surface area (Å²) in [5.41, 5.74) is 0.742. The van der Waals surface area contributed by atoms with Gasteiger partial charge < -0.3 is 14.8 Å². The Labute approximate surface area is 115 Å². The lowest BCUT2D eigenvalue weighted by Gasteiger charge is -2.10. The fraction of sp³-hybridized carbons (Fsp3) is 0.231. The van der Waals surface area contributed by atoms with E-state index in [2.05, 4.69) is 10.3 Å². The van der Waals surface area contributed by atoms with E-state index in [4.69, 9.17) is 9.47 Å². The van der Waals surface area contributed by atoms with Crippen molar-refractivity contribution in [2.75, 3.05) is 19.5 Å². The van der Waals surface area contributed by atoms with Crippen molar-refractivity contribution in [1.82, 2.24) is 4.98 Å². The van der Waals surface area contributed by atoms with Crippen molar-refractivity contribution in [3.05, 3.63) is 29.3 Å². The van der Waals surface area contributed by atoms with Crippen molar-refractivity contribution in [3.8, 4) is 11.5 Å². The average Bonchev–Trinajstić information content (AvgIpc) is 2.87. The number of nitrogens with one attached hydrogen (secondary N) is 1. The first-order valence-electron chi connectivity index (χ1n) is 5.60. The second-order valence-corrected chi connectivity index (χ2v) is 4.81. The fourth-order valence-corrected chi connectivity index (χ4v) is 2.25. The van der Waals surface area contributed by atoms with Crippen molar-refractivity contribution < 1.29 is 14.3 Å². The molecule has 0 saturated carbocycles. The normalized spacial score (nSPS) is 10.1. The van der Waals surface area contributed by atoms with Crippen LogP contribution in [-0.4, -0.2) is 25.0 Å². The molecule has 1 aromatic heterocycles. The van der Waals surface area contributed by atoms with Gasteiger partial charge in [0, 0.05) is 13.0 Å². The van der Waals surface area contributed by atoms with Crippen LogP contribution in [0.15, 0.2) is 24.4 Å². The summed E-state index contributed by atoms with van der Waals surface area (Å²) in [7, 11) is 3.19. The molecule has 0 fully saturated rings. The Morgan fingerprint density at radius 1 is 1.32 bits per heavy atom. The standard InChI is InChI=1S/C13H14N2O3S/c1-8(16)12-7-14-13(19-12)15-10-6-9(17-2)4-5-11(10)18-3/h4-7H,1-3H3,(H,14,15). The van der Waals surface area contributed by atoms with Crippen LogP contribution in [0, 0.1) is 0 Å². The molecule has 1 aromatic carbocycles. The predicted molar refractivity (Wildman–Crippen MR) is 74.9 cm³/mol. The van der Waals surface area contributed by atoms with Crippen LogP contribution in [0.3, 0.4) is 0 Å². The molecule has 0 aliphatic carbocycles. The maximum Gasteiger partial charge on any atom is 0.187 e. The van der Waals surface area contributed by atoms with Gasteiger partial charge in [-0.05, 0) is 12.1 Å². The van der Waals surface area contributed by atoms with Gasteiger partial charge in [0.25, 0.3) is 0 Å². The Morgan fingerprint density at radius 3 is 2.68 bits per heavy atom. The number of Topliss-reactive ketones (excluding diaryl/α,β-unsaturated/α-hetero) is 1. The fourth-order valence-electron chi connectivity index (χ4n) is 1.52. The smallest absolute Gasteiger partial charge is 0.187 e. The van der Waals surface area contributed by atoms with Gasteiger partial charge in [0.2, 0.25) is 0 Å². The molecule has 2 aromatic rings. The van der Waals surface area contributed by atoms with Gasteiger partial charge in [-0.25, -0.2) is 4.98 Å². The third-order valence-electron chi connectivity index (χ3n) is 2.50. The SMILES string of the molecule is COc1ccc(OC)c(Nc2ncc(C(C)=O)s2)c1. The Balaban J connectivity index is 2.27. The number of methoxy groups -OCH3 is 2. The average molecular weight is 278 g/mol. The summed E-state index contributed by atoms with van der Waals surface area (Å²) >= 11 is 1.30. The molecule has 0 amide bonds. The van der Waals surface area contributed by atoms with E-state index in [9.17, 15) is 4.79 Å². The number of aromatic nitrogens is 1. The third-order valence-corrected chi connectivity index (χ3v) is 3.51. The number of hydrogen-bond acceptors (Lipinski definition) is 6. The van der Waals surface area contributed by atoms with Gasteiger partial charge in [-0.1, -0.05) is 11.3 Å². The van der Waals surface area contributed by atoms with Crippen LogP contribution in [-0.2, 0) is 0 Å². The molecule has 0 aliphatic rings. The molecule has 19 heavy (non-hydrogen) atoms. The highest BCUT2D eigenvalue weighted by Crippen LogP contribution is 2.32. The topological polar surface area (TPSA) is 60.5 Å². The minimum Gasteiger partial charge on any atom is -0.497 e. The molecule has 0 spiro atoms. The Hall–Kier alpha value is -2.08. The number of benzene rings is 1. The number of rotatable bonds is 5. The number of ketones is 1. The molecule has 0 atom stereocenters. The second kappa shape index (κ2) is 5.71. The molecular formula is C13H14N2O3S. The van der Waals surface area contributed by atoms with Crippen molar-refractivity contribution in [2.24, 2.45) is 0 Å². The molecule has 0 aliphatic heterocycles. The lowest BCUT2D eigenvalue weighted by atomic mass is 10.2. The number of thiazole rings is 1. The van der Waals surface area contributed by atoms with Gasteiger partial charge in [-0.2, -0.15) is 0 Å². The summed E-state index contributed by atoms with van der Waals surface area (Å²) in [6, 6.07) is 5.43. The first kappa shape index (κ1) is 13.4. The van der Waals surface area contributed by atoms with E-state index < -0.39 is 0 Å². The zero-order chi connectivity index (χ0) is 13.8. The summed E-state index contributed by atoms with van der Waals surface area (Å²) in [6.45, 7) is 1.52. The second-order valence-electron chi connectivity index (χ2n) is 3.78. The first-order chi connectivity index (χ1) is 9.13. The van der Waals surface area contributed by atoms with E-state index >= 15 is 0 Å². The van der Waals surface area contributed by atoms with E-state index in [0.29, 0.717) is 21.5 Å². The maximum absolute atomic E-state index is 11.2. The van der Waals surface area contributed by atoms with Crippen LogP contribution in [0.25, 0.3) is 0 Å². The van der Waals surface area contributed by atoms with Crippen molar-refractivity contribution in [1.29, 1.82) is 0 Å². The molecule has 0 unspecified atom stereocenters. The lowest BCUT2D eigenvalue weighted by Crippen LogP contribution is -1.95. The number of carbonyl (C=O) groups excluding carboxylic acids is 1. The number of ether oxygens (including phenoxy) is 2. The van der Waals surface area contributed by atoms with E-state index in [1.807, 2.05) is 12.1 Å². The highest BCUT2D eigenvalue weighted by molar-refractivity contribution is 7.17. The highest BCUT2D eigenvalue weighted by Gasteiger charge is 2.09. The third kappa shape index (κ3) is 3.03. The maximum atomic E-state index is 11.2. The van der Waals surface area contributed by atoms with Crippen LogP contribution in [0.4, 0.5) is 10.8 Å². The van der Waals surface area contributed by atoms with Gasteiger partial charge in [0.1, 0.15) is 11.5 Å². The minimum atomic E-state index is 0.00292. The molecule has 1 N–H and O–H groups in total. The number of anilines is 2. The van der Waals surface area contributed by atoms with Gasteiger partial charge in [0.15, 0.2) is 10.9 Å². The molecule has 5 nitrogen and oxygen atoms in total. The van der Waals surface area contributed by atoms with Crippen molar-refractivity contribution >= 4 is 27.9 Å².